The lowest BCUT2D eigenvalue weighted by atomic mass is 9.98. The molecule has 2 aliphatic rings. The highest BCUT2D eigenvalue weighted by Crippen LogP contribution is 2.34. The fourth-order valence-corrected chi connectivity index (χ4v) is 4.06. The van der Waals surface area contributed by atoms with Crippen molar-refractivity contribution in [2.24, 2.45) is 0 Å². The first-order valence-corrected chi connectivity index (χ1v) is 8.69. The SMILES string of the molecule is Cc1csc(C2CCCN(C(=O)c3ccc4c(c3)OCO4)C2)n1. The monoisotopic (exact) mass is 330 g/mol. The van der Waals surface area contributed by atoms with Crippen LogP contribution < -0.4 is 9.47 Å². The van der Waals surface area contributed by atoms with Gasteiger partial charge in [0.05, 0.1) is 5.01 Å². The Balaban J connectivity index is 1.51. The van der Waals surface area contributed by atoms with Crippen LogP contribution in [0.5, 0.6) is 11.5 Å². The molecule has 1 amide bonds. The normalized spacial score (nSPS) is 19.9. The maximum Gasteiger partial charge on any atom is 0.254 e. The first kappa shape index (κ1) is 14.5. The minimum Gasteiger partial charge on any atom is -0.454 e. The van der Waals surface area contributed by atoms with Gasteiger partial charge in [-0.1, -0.05) is 0 Å². The Morgan fingerprint density at radius 1 is 1.35 bits per heavy atom. The van der Waals surface area contributed by atoms with Gasteiger partial charge in [-0.3, -0.25) is 4.79 Å². The van der Waals surface area contributed by atoms with Gasteiger partial charge < -0.3 is 14.4 Å². The highest BCUT2D eigenvalue weighted by molar-refractivity contribution is 7.09. The number of rotatable bonds is 2. The van der Waals surface area contributed by atoms with E-state index in [2.05, 4.69) is 10.4 Å². The van der Waals surface area contributed by atoms with Gasteiger partial charge in [0.15, 0.2) is 11.5 Å². The third kappa shape index (κ3) is 2.79. The first-order chi connectivity index (χ1) is 11.2. The molecule has 0 N–H and O–H groups in total. The number of hydrogen-bond donors (Lipinski definition) is 0. The largest absolute Gasteiger partial charge is 0.454 e. The summed E-state index contributed by atoms with van der Waals surface area (Å²) in [4.78, 5) is 19.3. The molecule has 120 valence electrons. The number of fused-ring (bicyclic) bond motifs is 1. The molecule has 6 heteroatoms. The number of ether oxygens (including phenoxy) is 2. The molecular weight excluding hydrogens is 312 g/mol. The van der Waals surface area contributed by atoms with Crippen LogP contribution in [0.1, 0.15) is 39.8 Å². The van der Waals surface area contributed by atoms with E-state index in [0.717, 1.165) is 36.6 Å². The molecule has 0 bridgehead atoms. The van der Waals surface area contributed by atoms with E-state index in [4.69, 9.17) is 9.47 Å². The highest BCUT2D eigenvalue weighted by atomic mass is 32.1. The van der Waals surface area contributed by atoms with Crippen LogP contribution in [0.3, 0.4) is 0 Å². The summed E-state index contributed by atoms with van der Waals surface area (Å²) < 4.78 is 10.7. The van der Waals surface area contributed by atoms with Gasteiger partial charge in [0, 0.05) is 35.6 Å². The number of thiazole rings is 1. The van der Waals surface area contributed by atoms with E-state index in [1.165, 1.54) is 0 Å². The molecule has 4 rings (SSSR count). The average Bonchev–Trinajstić information content (AvgIpc) is 3.22. The van der Waals surface area contributed by atoms with Gasteiger partial charge in [-0.2, -0.15) is 0 Å². The van der Waals surface area contributed by atoms with Crippen LogP contribution >= 0.6 is 11.3 Å². The molecule has 0 saturated carbocycles. The molecule has 1 atom stereocenters. The van der Waals surface area contributed by atoms with Crippen molar-refractivity contribution in [3.05, 3.63) is 39.8 Å². The quantitative estimate of drug-likeness (QED) is 0.848. The lowest BCUT2D eigenvalue weighted by Gasteiger charge is -2.32. The fraction of sp³-hybridized carbons (Fsp3) is 0.412. The van der Waals surface area contributed by atoms with Crippen LogP contribution in [-0.4, -0.2) is 35.7 Å². The molecule has 5 nitrogen and oxygen atoms in total. The Bertz CT molecular complexity index is 743. The molecule has 1 aromatic carbocycles. The molecule has 0 spiro atoms. The van der Waals surface area contributed by atoms with E-state index in [1.807, 2.05) is 17.9 Å². The Hall–Kier alpha value is -2.08. The second kappa shape index (κ2) is 5.85. The van der Waals surface area contributed by atoms with E-state index in [9.17, 15) is 4.79 Å². The van der Waals surface area contributed by atoms with Crippen LogP contribution in [0.4, 0.5) is 0 Å². The van der Waals surface area contributed by atoms with Crippen LogP contribution in [0, 0.1) is 6.92 Å². The summed E-state index contributed by atoms with van der Waals surface area (Å²) >= 11 is 1.70. The molecule has 2 aliphatic heterocycles. The molecule has 3 heterocycles. The van der Waals surface area contributed by atoms with E-state index >= 15 is 0 Å². The minimum absolute atomic E-state index is 0.0567. The lowest BCUT2D eigenvalue weighted by Crippen LogP contribution is -2.39. The van der Waals surface area contributed by atoms with Crippen molar-refractivity contribution in [3.63, 3.8) is 0 Å². The Morgan fingerprint density at radius 3 is 3.04 bits per heavy atom. The van der Waals surface area contributed by atoms with Crippen molar-refractivity contribution < 1.29 is 14.3 Å². The van der Waals surface area contributed by atoms with Crippen molar-refractivity contribution in [2.75, 3.05) is 19.9 Å². The third-order valence-corrected chi connectivity index (χ3v) is 5.44. The van der Waals surface area contributed by atoms with Crippen LogP contribution in [0.2, 0.25) is 0 Å². The molecule has 0 aliphatic carbocycles. The standard InChI is InChI=1S/C17H18N2O3S/c1-11-9-23-16(18-11)13-3-2-6-19(8-13)17(20)12-4-5-14-15(7-12)22-10-21-14/h4-5,7,9,13H,2-3,6,8,10H2,1H3. The van der Waals surface area contributed by atoms with E-state index in [1.54, 1.807) is 23.5 Å². The zero-order valence-electron chi connectivity index (χ0n) is 12.9. The number of aromatic nitrogens is 1. The molecule has 1 fully saturated rings. The van der Waals surface area contributed by atoms with E-state index in [0.29, 0.717) is 23.0 Å². The fourth-order valence-electron chi connectivity index (χ4n) is 3.14. The number of likely N-dealkylation sites (tertiary alicyclic amines) is 1. The average molecular weight is 330 g/mol. The Morgan fingerprint density at radius 2 is 2.22 bits per heavy atom. The number of aryl methyl sites for hydroxylation is 1. The van der Waals surface area contributed by atoms with Crippen LogP contribution in [0.15, 0.2) is 23.6 Å². The number of piperidine rings is 1. The maximum absolute atomic E-state index is 12.8. The number of carbonyl (C=O) groups excluding carboxylic acids is 1. The van der Waals surface area contributed by atoms with Crippen LogP contribution in [-0.2, 0) is 0 Å². The van der Waals surface area contributed by atoms with Gasteiger partial charge in [-0.25, -0.2) is 4.98 Å². The predicted molar refractivity (Wildman–Crippen MR) is 87.3 cm³/mol. The summed E-state index contributed by atoms with van der Waals surface area (Å²) in [7, 11) is 0. The van der Waals surface area contributed by atoms with Gasteiger partial charge in [0.2, 0.25) is 6.79 Å². The van der Waals surface area contributed by atoms with Crippen molar-refractivity contribution in [1.82, 2.24) is 9.88 Å². The smallest absolute Gasteiger partial charge is 0.254 e. The molecule has 0 radical (unpaired) electrons. The Labute approximate surface area is 138 Å². The summed E-state index contributed by atoms with van der Waals surface area (Å²) in [5.41, 5.74) is 1.72. The summed E-state index contributed by atoms with van der Waals surface area (Å²) in [6.07, 6.45) is 2.11. The van der Waals surface area contributed by atoms with Gasteiger partial charge >= 0.3 is 0 Å². The van der Waals surface area contributed by atoms with Gasteiger partial charge in [0.1, 0.15) is 0 Å². The number of hydrogen-bond acceptors (Lipinski definition) is 5. The third-order valence-electron chi connectivity index (χ3n) is 4.31. The molecule has 1 unspecified atom stereocenters. The van der Waals surface area contributed by atoms with Crippen molar-refractivity contribution in [1.29, 1.82) is 0 Å². The molecule has 1 aromatic heterocycles. The summed E-state index contributed by atoms with van der Waals surface area (Å²) in [6, 6.07) is 5.40. The van der Waals surface area contributed by atoms with Gasteiger partial charge in [0.25, 0.3) is 5.91 Å². The maximum atomic E-state index is 12.8. The van der Waals surface area contributed by atoms with Crippen molar-refractivity contribution in [3.8, 4) is 11.5 Å². The summed E-state index contributed by atoms with van der Waals surface area (Å²) in [6.45, 7) is 3.77. The van der Waals surface area contributed by atoms with Gasteiger partial charge in [-0.15, -0.1) is 11.3 Å². The van der Waals surface area contributed by atoms with E-state index < -0.39 is 0 Å². The molecular formula is C17H18N2O3S. The number of amides is 1. The number of carbonyl (C=O) groups is 1. The second-order valence-electron chi connectivity index (χ2n) is 5.99. The molecule has 2 aromatic rings. The predicted octanol–water partition coefficient (Wildman–Crippen LogP) is 3.20. The van der Waals surface area contributed by atoms with Crippen molar-refractivity contribution >= 4 is 17.2 Å². The minimum atomic E-state index is 0.0567. The molecule has 23 heavy (non-hydrogen) atoms. The Kier molecular flexibility index (Phi) is 3.69. The van der Waals surface area contributed by atoms with Crippen molar-refractivity contribution in [2.45, 2.75) is 25.7 Å². The van der Waals surface area contributed by atoms with Crippen LogP contribution in [0.25, 0.3) is 0 Å². The number of nitrogens with zero attached hydrogens (tertiary/aromatic N) is 2. The first-order valence-electron chi connectivity index (χ1n) is 7.81. The number of benzene rings is 1. The lowest BCUT2D eigenvalue weighted by molar-refractivity contribution is 0.0706. The second-order valence-corrected chi connectivity index (χ2v) is 6.88. The van der Waals surface area contributed by atoms with E-state index in [-0.39, 0.29) is 12.7 Å². The highest BCUT2D eigenvalue weighted by Gasteiger charge is 2.28. The zero-order chi connectivity index (χ0) is 15.8. The van der Waals surface area contributed by atoms with Gasteiger partial charge in [-0.05, 0) is 38.0 Å². The molecule has 1 saturated heterocycles. The topological polar surface area (TPSA) is 51.7 Å². The summed E-state index contributed by atoms with van der Waals surface area (Å²) in [5.74, 6) is 1.76. The zero-order valence-corrected chi connectivity index (χ0v) is 13.8. The summed E-state index contributed by atoms with van der Waals surface area (Å²) in [5, 5.41) is 3.22.